The quantitative estimate of drug-likeness (QED) is 0.460. The zero-order valence-corrected chi connectivity index (χ0v) is 14.1. The fourth-order valence-electron chi connectivity index (χ4n) is 2.53. The van der Waals surface area contributed by atoms with E-state index in [1.54, 1.807) is 66.7 Å². The molecule has 0 atom stereocenters. The molecule has 0 aliphatic rings. The molecule has 0 spiro atoms. The predicted molar refractivity (Wildman–Crippen MR) is 92.9 cm³/mol. The monoisotopic (exact) mass is 378 g/mol. The molecule has 0 aliphatic heterocycles. The molecule has 0 bridgehead atoms. The van der Waals surface area contributed by atoms with Gasteiger partial charge >= 0.3 is 15.6 Å². The van der Waals surface area contributed by atoms with Gasteiger partial charge in [-0.2, -0.15) is 21.6 Å². The van der Waals surface area contributed by atoms with Gasteiger partial charge in [0.1, 0.15) is 0 Å². The molecule has 0 heterocycles. The first-order valence-corrected chi connectivity index (χ1v) is 8.95. The van der Waals surface area contributed by atoms with Gasteiger partial charge in [0.25, 0.3) is 0 Å². The van der Waals surface area contributed by atoms with Crippen LogP contribution in [-0.2, 0) is 10.1 Å². The van der Waals surface area contributed by atoms with Crippen molar-refractivity contribution in [1.29, 1.82) is 0 Å². The van der Waals surface area contributed by atoms with Gasteiger partial charge in [-0.3, -0.25) is 0 Å². The Morgan fingerprint density at radius 3 is 1.77 bits per heavy atom. The Morgan fingerprint density at radius 1 is 0.692 bits per heavy atom. The Bertz CT molecular complexity index is 999. The number of halogens is 3. The molecule has 7 heteroatoms. The average Bonchev–Trinajstić information content (AvgIpc) is 2.62. The maximum Gasteiger partial charge on any atom is 0.534 e. The van der Waals surface area contributed by atoms with E-state index in [9.17, 15) is 21.6 Å². The second-order valence-electron chi connectivity index (χ2n) is 5.39. The van der Waals surface area contributed by atoms with Crippen LogP contribution in [0, 0.1) is 0 Å². The smallest absolute Gasteiger partial charge is 0.375 e. The van der Waals surface area contributed by atoms with Crippen LogP contribution in [0.3, 0.4) is 0 Å². The maximum atomic E-state index is 12.8. The second-order valence-corrected chi connectivity index (χ2v) is 6.93. The van der Waals surface area contributed by atoms with Gasteiger partial charge in [0.05, 0.1) is 0 Å². The topological polar surface area (TPSA) is 43.4 Å². The summed E-state index contributed by atoms with van der Waals surface area (Å²) < 4.78 is 65.8. The third-order valence-electron chi connectivity index (χ3n) is 3.66. The molecule has 0 unspecified atom stereocenters. The van der Waals surface area contributed by atoms with Crippen LogP contribution < -0.4 is 4.18 Å². The lowest BCUT2D eigenvalue weighted by molar-refractivity contribution is -0.0499. The summed E-state index contributed by atoms with van der Waals surface area (Å²) in [6.45, 7) is 0. The van der Waals surface area contributed by atoms with Crippen LogP contribution in [-0.4, -0.2) is 13.9 Å². The molecule has 0 saturated carbocycles. The van der Waals surface area contributed by atoms with Crippen LogP contribution in [0.1, 0.15) is 0 Å². The van der Waals surface area contributed by atoms with Gasteiger partial charge in [0.2, 0.25) is 0 Å². The van der Waals surface area contributed by atoms with E-state index in [1.165, 1.54) is 12.1 Å². The molecule has 0 fully saturated rings. The van der Waals surface area contributed by atoms with Crippen molar-refractivity contribution in [2.75, 3.05) is 0 Å². The molecule has 3 rings (SSSR count). The summed E-state index contributed by atoms with van der Waals surface area (Å²) in [4.78, 5) is 0. The minimum Gasteiger partial charge on any atom is -0.375 e. The highest BCUT2D eigenvalue weighted by molar-refractivity contribution is 7.88. The van der Waals surface area contributed by atoms with Crippen molar-refractivity contribution in [2.24, 2.45) is 0 Å². The molecule has 3 nitrogen and oxygen atoms in total. The lowest BCUT2D eigenvalue weighted by atomic mass is 9.94. The second kappa shape index (κ2) is 6.84. The minimum absolute atomic E-state index is 0.270. The van der Waals surface area contributed by atoms with Crippen molar-refractivity contribution in [3.8, 4) is 28.0 Å². The van der Waals surface area contributed by atoms with E-state index in [-0.39, 0.29) is 11.3 Å². The zero-order chi connectivity index (χ0) is 18.8. The van der Waals surface area contributed by atoms with Gasteiger partial charge in [-0.05, 0) is 22.8 Å². The maximum absolute atomic E-state index is 12.8. The summed E-state index contributed by atoms with van der Waals surface area (Å²) in [7, 11) is -5.78. The van der Waals surface area contributed by atoms with E-state index in [2.05, 4.69) is 4.18 Å². The summed E-state index contributed by atoms with van der Waals surface area (Å²) in [6, 6.07) is 21.8. The van der Waals surface area contributed by atoms with Crippen molar-refractivity contribution in [3.05, 3.63) is 78.9 Å². The van der Waals surface area contributed by atoms with Gasteiger partial charge in [0.15, 0.2) is 5.75 Å². The van der Waals surface area contributed by atoms with E-state index in [0.29, 0.717) is 11.1 Å². The van der Waals surface area contributed by atoms with E-state index in [1.807, 2.05) is 0 Å². The van der Waals surface area contributed by atoms with Crippen molar-refractivity contribution in [3.63, 3.8) is 0 Å². The van der Waals surface area contributed by atoms with Crippen molar-refractivity contribution >= 4 is 10.1 Å². The molecule has 134 valence electrons. The highest BCUT2D eigenvalue weighted by Gasteiger charge is 2.48. The molecule has 26 heavy (non-hydrogen) atoms. The van der Waals surface area contributed by atoms with Crippen LogP contribution in [0.15, 0.2) is 78.9 Å². The SMILES string of the molecule is O=S(=O)(Oc1cccc(-c2ccccc2)c1-c1ccccc1)C(F)(F)F. The Kier molecular flexibility index (Phi) is 4.73. The van der Waals surface area contributed by atoms with E-state index < -0.39 is 15.6 Å². The summed E-state index contributed by atoms with van der Waals surface area (Å²) in [5.74, 6) is -0.380. The van der Waals surface area contributed by atoms with Gasteiger partial charge < -0.3 is 4.18 Å². The molecular formula is C19H13F3O3S. The van der Waals surface area contributed by atoms with Crippen molar-refractivity contribution < 1.29 is 25.8 Å². The summed E-state index contributed by atoms with van der Waals surface area (Å²) >= 11 is 0. The van der Waals surface area contributed by atoms with Crippen LogP contribution in [0.5, 0.6) is 5.75 Å². The molecule has 3 aromatic carbocycles. The van der Waals surface area contributed by atoms with Gasteiger partial charge in [-0.25, -0.2) is 0 Å². The largest absolute Gasteiger partial charge is 0.534 e. The number of alkyl halides is 3. The van der Waals surface area contributed by atoms with Crippen LogP contribution >= 0.6 is 0 Å². The number of hydrogen-bond donors (Lipinski definition) is 0. The average molecular weight is 378 g/mol. The fraction of sp³-hybridized carbons (Fsp3) is 0.0526. The van der Waals surface area contributed by atoms with Crippen LogP contribution in [0.25, 0.3) is 22.3 Å². The third-order valence-corrected chi connectivity index (χ3v) is 4.62. The molecule has 3 aromatic rings. The first-order valence-electron chi connectivity index (χ1n) is 7.54. The number of rotatable bonds is 4. The zero-order valence-electron chi connectivity index (χ0n) is 13.3. The standard InChI is InChI=1S/C19H13F3O3S/c20-19(21,22)26(23,24)25-17-13-7-12-16(14-8-3-1-4-9-14)18(17)15-10-5-2-6-11-15/h1-13H. The van der Waals surface area contributed by atoms with E-state index in [4.69, 9.17) is 0 Å². The normalized spacial score (nSPS) is 12.0. The van der Waals surface area contributed by atoms with Gasteiger partial charge in [0, 0.05) is 5.56 Å². The lowest BCUT2D eigenvalue weighted by Gasteiger charge is -2.17. The molecule has 0 amide bonds. The van der Waals surface area contributed by atoms with E-state index in [0.717, 1.165) is 5.56 Å². The minimum atomic E-state index is -5.78. The molecule has 0 aliphatic carbocycles. The number of hydrogen-bond acceptors (Lipinski definition) is 3. The Labute approximate surface area is 148 Å². The van der Waals surface area contributed by atoms with Gasteiger partial charge in [-0.1, -0.05) is 72.8 Å². The summed E-state index contributed by atoms with van der Waals surface area (Å²) in [5, 5.41) is 0. The first kappa shape index (κ1) is 18.0. The highest BCUT2D eigenvalue weighted by atomic mass is 32.2. The summed E-state index contributed by atoms with van der Waals surface area (Å²) in [5.41, 5.74) is -3.41. The van der Waals surface area contributed by atoms with Crippen LogP contribution in [0.4, 0.5) is 13.2 Å². The highest BCUT2D eigenvalue weighted by Crippen LogP contribution is 2.41. The predicted octanol–water partition coefficient (Wildman–Crippen LogP) is 5.25. The Hall–Kier alpha value is -2.80. The van der Waals surface area contributed by atoms with E-state index >= 15 is 0 Å². The Morgan fingerprint density at radius 2 is 1.23 bits per heavy atom. The Balaban J connectivity index is 2.23. The van der Waals surface area contributed by atoms with Crippen molar-refractivity contribution in [1.82, 2.24) is 0 Å². The molecule has 0 N–H and O–H groups in total. The first-order chi connectivity index (χ1) is 12.3. The third kappa shape index (κ3) is 3.57. The molecule has 0 aromatic heterocycles. The van der Waals surface area contributed by atoms with Crippen LogP contribution in [0.2, 0.25) is 0 Å². The summed E-state index contributed by atoms with van der Waals surface area (Å²) in [6.07, 6.45) is 0. The molecule has 0 saturated heterocycles. The molecule has 0 radical (unpaired) electrons. The van der Waals surface area contributed by atoms with Crippen molar-refractivity contribution in [2.45, 2.75) is 5.51 Å². The number of benzene rings is 3. The fourth-order valence-corrected chi connectivity index (χ4v) is 3.00. The van der Waals surface area contributed by atoms with Gasteiger partial charge in [-0.15, -0.1) is 0 Å². The molecular weight excluding hydrogens is 365 g/mol. The lowest BCUT2D eigenvalue weighted by Crippen LogP contribution is -2.28.